The van der Waals surface area contributed by atoms with Crippen LogP contribution in [0.3, 0.4) is 0 Å². The van der Waals surface area contributed by atoms with Crippen LogP contribution in [0.15, 0.2) is 72.8 Å². The van der Waals surface area contributed by atoms with Crippen molar-refractivity contribution in [1.82, 2.24) is 10.3 Å². The first-order valence-corrected chi connectivity index (χ1v) is 15.5. The molecular weight excluding hydrogens is 528 g/mol. The molecule has 0 unspecified atom stereocenters. The second kappa shape index (κ2) is 11.9. The van der Waals surface area contributed by atoms with Gasteiger partial charge in [0, 0.05) is 47.4 Å². The Kier molecular flexibility index (Phi) is 7.88. The van der Waals surface area contributed by atoms with Crippen LogP contribution in [0.5, 0.6) is 0 Å². The number of aromatic nitrogens is 1. The second-order valence-electron chi connectivity index (χ2n) is 10.9. The number of benzene rings is 2. The van der Waals surface area contributed by atoms with Gasteiger partial charge in [-0.3, -0.25) is 9.59 Å². The number of hydrogen-bond donors (Lipinski definition) is 1. The minimum Gasteiger partial charge on any atom is -0.372 e. The minimum absolute atomic E-state index is 0.00784. The van der Waals surface area contributed by atoms with Crippen LogP contribution in [0.1, 0.15) is 65.3 Å². The van der Waals surface area contributed by atoms with Gasteiger partial charge in [0.2, 0.25) is 0 Å². The van der Waals surface area contributed by atoms with E-state index in [1.165, 1.54) is 17.0 Å². The molecule has 41 heavy (non-hydrogen) atoms. The van der Waals surface area contributed by atoms with Crippen LogP contribution in [0.4, 0.5) is 11.4 Å². The summed E-state index contributed by atoms with van der Waals surface area (Å²) in [6, 6.07) is 24.5. The Morgan fingerprint density at radius 2 is 1.73 bits per heavy atom. The molecule has 2 aromatic heterocycles. The van der Waals surface area contributed by atoms with E-state index in [2.05, 4.69) is 48.3 Å². The topological polar surface area (TPSA) is 65.5 Å². The van der Waals surface area contributed by atoms with Gasteiger partial charge in [0.25, 0.3) is 11.8 Å². The molecule has 1 N–H and O–H groups in total. The summed E-state index contributed by atoms with van der Waals surface area (Å²) in [5.41, 5.74) is 6.37. The summed E-state index contributed by atoms with van der Waals surface area (Å²) in [4.78, 5) is 37.6. The lowest BCUT2D eigenvalue weighted by molar-refractivity contribution is 0.0952. The predicted molar refractivity (Wildman–Crippen MR) is 168 cm³/mol. The summed E-state index contributed by atoms with van der Waals surface area (Å²) in [6.45, 7) is 7.01. The van der Waals surface area contributed by atoms with Crippen molar-refractivity contribution < 1.29 is 9.59 Å². The summed E-state index contributed by atoms with van der Waals surface area (Å²) in [5.74, 6) is -0.108. The standard InChI is InChI=1S/C34H36N4O2S/c1-3-19-37(20-4-2)26-16-12-23(13-17-26)28-9-7-10-29(36-28)34(40)38-21-18-24-22-31(33(39)35-25-14-15-25)41-32(24)27-8-5-6-11-30(27)38/h5-13,16-17,22,25H,3-4,14-15,18-21H2,1-2H3,(H,35,39). The summed E-state index contributed by atoms with van der Waals surface area (Å²) in [7, 11) is 0. The number of pyridine rings is 1. The summed E-state index contributed by atoms with van der Waals surface area (Å²) < 4.78 is 0. The predicted octanol–water partition coefficient (Wildman–Crippen LogP) is 7.20. The SMILES string of the molecule is CCCN(CCC)c1ccc(-c2cccc(C(=O)N3CCc4cc(C(=O)NC5CC5)sc4-c4ccccc43)n2)cc1. The molecule has 1 aliphatic heterocycles. The molecule has 6 nitrogen and oxygen atoms in total. The van der Waals surface area contributed by atoms with E-state index in [0.29, 0.717) is 24.7 Å². The number of carbonyl (C=O) groups is 2. The van der Waals surface area contributed by atoms with Crippen LogP contribution in [0, 0.1) is 0 Å². The highest BCUT2D eigenvalue weighted by Crippen LogP contribution is 2.42. The van der Waals surface area contributed by atoms with Gasteiger partial charge >= 0.3 is 0 Å². The van der Waals surface area contributed by atoms with Crippen LogP contribution in [0.25, 0.3) is 21.7 Å². The Morgan fingerprint density at radius 3 is 2.46 bits per heavy atom. The Labute approximate surface area is 246 Å². The first kappa shape index (κ1) is 27.2. The zero-order valence-corrected chi connectivity index (χ0v) is 24.5. The number of rotatable bonds is 9. The number of fused-ring (bicyclic) bond motifs is 3. The van der Waals surface area contributed by atoms with E-state index in [4.69, 9.17) is 4.98 Å². The number of carbonyl (C=O) groups excluding carboxylic acids is 2. The Hall–Kier alpha value is -3.97. The number of nitrogens with one attached hydrogen (secondary N) is 1. The number of hydrogen-bond acceptors (Lipinski definition) is 5. The van der Waals surface area contributed by atoms with E-state index in [-0.39, 0.29) is 11.8 Å². The van der Waals surface area contributed by atoms with Crippen molar-refractivity contribution >= 4 is 34.5 Å². The van der Waals surface area contributed by atoms with Crippen LogP contribution in [0.2, 0.25) is 0 Å². The molecule has 2 aliphatic rings. The van der Waals surface area contributed by atoms with Crippen molar-refractivity contribution in [2.75, 3.05) is 29.4 Å². The highest BCUT2D eigenvalue weighted by atomic mass is 32.1. The van der Waals surface area contributed by atoms with Gasteiger partial charge in [-0.05, 0) is 74.1 Å². The van der Waals surface area contributed by atoms with Crippen LogP contribution in [-0.2, 0) is 6.42 Å². The van der Waals surface area contributed by atoms with E-state index in [9.17, 15) is 9.59 Å². The largest absolute Gasteiger partial charge is 0.372 e. The Morgan fingerprint density at radius 1 is 0.976 bits per heavy atom. The molecule has 0 radical (unpaired) electrons. The average molecular weight is 565 g/mol. The fourth-order valence-corrected chi connectivity index (χ4v) is 6.66. The third kappa shape index (κ3) is 5.77. The molecule has 0 bridgehead atoms. The van der Waals surface area contributed by atoms with Gasteiger partial charge in [0.05, 0.1) is 16.3 Å². The minimum atomic E-state index is -0.116. The molecule has 210 valence electrons. The van der Waals surface area contributed by atoms with Gasteiger partial charge < -0.3 is 15.1 Å². The van der Waals surface area contributed by atoms with Gasteiger partial charge in [-0.15, -0.1) is 11.3 Å². The number of anilines is 2. The lowest BCUT2D eigenvalue weighted by Gasteiger charge is -2.24. The van der Waals surface area contributed by atoms with Gasteiger partial charge in [-0.1, -0.05) is 50.2 Å². The molecule has 1 fully saturated rings. The summed E-state index contributed by atoms with van der Waals surface area (Å²) in [6.07, 6.45) is 5.02. The van der Waals surface area contributed by atoms with Crippen molar-refractivity contribution in [1.29, 1.82) is 0 Å². The first-order valence-electron chi connectivity index (χ1n) is 14.7. The van der Waals surface area contributed by atoms with Crippen molar-refractivity contribution in [2.24, 2.45) is 0 Å². The maximum absolute atomic E-state index is 14.0. The molecule has 7 heteroatoms. The highest BCUT2D eigenvalue weighted by Gasteiger charge is 2.29. The second-order valence-corrected chi connectivity index (χ2v) is 11.9. The number of nitrogens with zero attached hydrogens (tertiary/aromatic N) is 3. The van der Waals surface area contributed by atoms with Crippen LogP contribution >= 0.6 is 11.3 Å². The highest BCUT2D eigenvalue weighted by molar-refractivity contribution is 7.17. The quantitative estimate of drug-likeness (QED) is 0.234. The van der Waals surface area contributed by atoms with E-state index >= 15 is 0 Å². The van der Waals surface area contributed by atoms with E-state index in [0.717, 1.165) is 76.6 Å². The molecule has 6 rings (SSSR count). The fourth-order valence-electron chi connectivity index (χ4n) is 5.51. The molecule has 0 saturated heterocycles. The van der Waals surface area contributed by atoms with Gasteiger partial charge in [-0.25, -0.2) is 4.98 Å². The molecule has 2 amide bonds. The van der Waals surface area contributed by atoms with Crippen molar-refractivity contribution in [3.63, 3.8) is 0 Å². The normalized spacial score (nSPS) is 14.1. The monoisotopic (exact) mass is 564 g/mol. The average Bonchev–Trinajstić information content (AvgIpc) is 3.75. The lowest BCUT2D eigenvalue weighted by atomic mass is 10.1. The Bertz CT molecular complexity index is 1550. The van der Waals surface area contributed by atoms with Gasteiger partial charge in [-0.2, -0.15) is 0 Å². The Balaban J connectivity index is 1.26. The zero-order chi connectivity index (χ0) is 28.3. The molecule has 0 spiro atoms. The zero-order valence-electron chi connectivity index (χ0n) is 23.7. The molecule has 1 aliphatic carbocycles. The fraction of sp³-hybridized carbons (Fsp3) is 0.324. The molecule has 2 aromatic carbocycles. The smallest absolute Gasteiger partial charge is 0.276 e. The number of amides is 2. The van der Waals surface area contributed by atoms with Crippen molar-refractivity contribution in [2.45, 2.75) is 52.0 Å². The van der Waals surface area contributed by atoms with Gasteiger partial charge in [0.1, 0.15) is 5.69 Å². The van der Waals surface area contributed by atoms with E-state index in [1.54, 1.807) is 6.07 Å². The molecule has 0 atom stereocenters. The third-order valence-corrected chi connectivity index (χ3v) is 8.93. The number of para-hydroxylation sites is 1. The third-order valence-electron chi connectivity index (χ3n) is 7.72. The van der Waals surface area contributed by atoms with Gasteiger partial charge in [0.15, 0.2) is 0 Å². The van der Waals surface area contributed by atoms with E-state index < -0.39 is 0 Å². The lowest BCUT2D eigenvalue weighted by Crippen LogP contribution is -2.33. The molecule has 3 heterocycles. The molecule has 1 saturated carbocycles. The van der Waals surface area contributed by atoms with Crippen LogP contribution in [-0.4, -0.2) is 42.5 Å². The van der Waals surface area contributed by atoms with Crippen LogP contribution < -0.4 is 15.1 Å². The summed E-state index contributed by atoms with van der Waals surface area (Å²) in [5, 5.41) is 3.10. The molecule has 4 aromatic rings. The first-order chi connectivity index (χ1) is 20.1. The van der Waals surface area contributed by atoms with Crippen molar-refractivity contribution in [3.8, 4) is 21.7 Å². The summed E-state index contributed by atoms with van der Waals surface area (Å²) >= 11 is 1.52. The van der Waals surface area contributed by atoms with E-state index in [1.807, 2.05) is 47.4 Å². The maximum Gasteiger partial charge on any atom is 0.276 e. The maximum atomic E-state index is 14.0. The molecular formula is C34H36N4O2S. The van der Waals surface area contributed by atoms with Crippen molar-refractivity contribution in [3.05, 3.63) is 88.9 Å². The number of thiophene rings is 1.